The van der Waals surface area contributed by atoms with Crippen LogP contribution in [-0.4, -0.2) is 37.0 Å². The fraction of sp³-hybridized carbons (Fsp3) is 0.533. The molecule has 3 nitrogen and oxygen atoms in total. The van der Waals surface area contributed by atoms with Crippen molar-refractivity contribution in [1.29, 1.82) is 0 Å². The third-order valence-electron chi connectivity index (χ3n) is 3.32. The molecule has 1 aromatic carbocycles. The van der Waals surface area contributed by atoms with Crippen LogP contribution in [0.1, 0.15) is 25.3 Å². The van der Waals surface area contributed by atoms with Crippen LogP contribution in [0.25, 0.3) is 0 Å². The number of hydrogen-bond acceptors (Lipinski definition) is 1. The van der Waals surface area contributed by atoms with Gasteiger partial charge in [-0.3, -0.25) is 4.99 Å². The largest absolute Gasteiger partial charge is 0.357 e. The number of halogens is 3. The Kier molecular flexibility index (Phi) is 7.92. The van der Waals surface area contributed by atoms with Crippen molar-refractivity contribution in [2.75, 3.05) is 26.2 Å². The quantitative estimate of drug-likeness (QED) is 0.470. The average molecular weight is 409 g/mol. The summed E-state index contributed by atoms with van der Waals surface area (Å²) in [6.45, 7) is 5.44. The molecule has 1 aliphatic rings. The smallest absolute Gasteiger partial charge is 0.193 e. The van der Waals surface area contributed by atoms with E-state index in [-0.39, 0.29) is 24.0 Å². The number of hydrogen-bond donors (Lipinski definition) is 1. The lowest BCUT2D eigenvalue weighted by Crippen LogP contribution is -2.39. The van der Waals surface area contributed by atoms with Gasteiger partial charge in [0.25, 0.3) is 0 Å². The zero-order chi connectivity index (χ0) is 14.4. The average Bonchev–Trinajstić information content (AvgIpc) is 2.90. The summed E-state index contributed by atoms with van der Waals surface area (Å²) in [6, 6.07) is 3.61. The Morgan fingerprint density at radius 2 is 1.81 bits per heavy atom. The molecule has 0 atom stereocenters. The van der Waals surface area contributed by atoms with Crippen molar-refractivity contribution in [2.45, 2.75) is 26.2 Å². The monoisotopic (exact) mass is 409 g/mol. The van der Waals surface area contributed by atoms with Crippen molar-refractivity contribution in [2.24, 2.45) is 4.99 Å². The second-order valence-corrected chi connectivity index (χ2v) is 4.96. The first-order valence-corrected chi connectivity index (χ1v) is 7.17. The highest BCUT2D eigenvalue weighted by Crippen LogP contribution is 2.10. The summed E-state index contributed by atoms with van der Waals surface area (Å²) in [5.74, 6) is -0.160. The molecular weight excluding hydrogens is 387 g/mol. The van der Waals surface area contributed by atoms with Crippen molar-refractivity contribution in [3.63, 3.8) is 0 Å². The fourth-order valence-electron chi connectivity index (χ4n) is 2.40. The van der Waals surface area contributed by atoms with E-state index >= 15 is 0 Å². The minimum Gasteiger partial charge on any atom is -0.357 e. The molecule has 0 aromatic heterocycles. The molecule has 6 heteroatoms. The first-order valence-electron chi connectivity index (χ1n) is 7.17. The molecule has 1 heterocycles. The summed E-state index contributed by atoms with van der Waals surface area (Å²) in [5.41, 5.74) is 0.642. The predicted octanol–water partition coefficient (Wildman–Crippen LogP) is 3.19. The summed E-state index contributed by atoms with van der Waals surface area (Å²) in [7, 11) is 0. The first-order chi connectivity index (χ1) is 9.69. The molecule has 0 radical (unpaired) electrons. The summed E-state index contributed by atoms with van der Waals surface area (Å²) in [6.07, 6.45) is 2.93. The molecule has 0 spiro atoms. The molecule has 118 valence electrons. The van der Waals surface area contributed by atoms with Gasteiger partial charge in [-0.15, -0.1) is 24.0 Å². The Bertz CT molecular complexity index is 454. The van der Waals surface area contributed by atoms with Crippen LogP contribution in [0.15, 0.2) is 23.2 Å². The van der Waals surface area contributed by atoms with Gasteiger partial charge in [-0.05, 0) is 43.9 Å². The zero-order valence-electron chi connectivity index (χ0n) is 12.2. The lowest BCUT2D eigenvalue weighted by Gasteiger charge is -2.20. The minimum absolute atomic E-state index is 0. The third kappa shape index (κ3) is 5.76. The molecule has 1 saturated heterocycles. The predicted molar refractivity (Wildman–Crippen MR) is 92.3 cm³/mol. The van der Waals surface area contributed by atoms with E-state index in [9.17, 15) is 8.78 Å². The van der Waals surface area contributed by atoms with Crippen molar-refractivity contribution < 1.29 is 8.78 Å². The van der Waals surface area contributed by atoms with Gasteiger partial charge in [0.15, 0.2) is 5.96 Å². The molecule has 0 saturated carbocycles. The van der Waals surface area contributed by atoms with Gasteiger partial charge in [-0.1, -0.05) is 0 Å². The molecule has 0 unspecified atom stereocenters. The molecule has 1 aliphatic heterocycles. The molecule has 21 heavy (non-hydrogen) atoms. The van der Waals surface area contributed by atoms with Gasteiger partial charge in [-0.25, -0.2) is 8.78 Å². The Morgan fingerprint density at radius 3 is 2.38 bits per heavy atom. The van der Waals surface area contributed by atoms with Gasteiger partial charge in [-0.2, -0.15) is 0 Å². The zero-order valence-corrected chi connectivity index (χ0v) is 14.6. The molecule has 0 aliphatic carbocycles. The number of rotatable bonds is 4. The van der Waals surface area contributed by atoms with Crippen LogP contribution in [0, 0.1) is 11.6 Å². The lowest BCUT2D eigenvalue weighted by atomic mass is 10.1. The van der Waals surface area contributed by atoms with Crippen molar-refractivity contribution in [1.82, 2.24) is 10.2 Å². The van der Waals surface area contributed by atoms with E-state index in [1.165, 1.54) is 25.0 Å². The third-order valence-corrected chi connectivity index (χ3v) is 3.32. The maximum absolute atomic E-state index is 13.1. The number of guanidine groups is 1. The topological polar surface area (TPSA) is 27.6 Å². The standard InChI is InChI=1S/C15H21F2N3.HI/c1-2-18-15(20-7-3-4-8-20)19-6-5-12-9-13(16)11-14(17)10-12;/h9-11H,2-8H2,1H3,(H,18,19);1H. The summed E-state index contributed by atoms with van der Waals surface area (Å²) in [5, 5.41) is 3.26. The Balaban J connectivity index is 0.00000220. The van der Waals surface area contributed by atoms with Gasteiger partial charge in [0, 0.05) is 32.2 Å². The van der Waals surface area contributed by atoms with E-state index in [2.05, 4.69) is 15.2 Å². The van der Waals surface area contributed by atoms with Gasteiger partial charge in [0.1, 0.15) is 11.6 Å². The molecule has 1 fully saturated rings. The number of nitrogens with one attached hydrogen (secondary N) is 1. The summed E-state index contributed by atoms with van der Waals surface area (Å²) < 4.78 is 26.2. The highest BCUT2D eigenvalue weighted by molar-refractivity contribution is 14.0. The van der Waals surface area contributed by atoms with E-state index in [0.717, 1.165) is 31.7 Å². The molecule has 2 rings (SSSR count). The molecule has 1 N–H and O–H groups in total. The number of benzene rings is 1. The van der Waals surface area contributed by atoms with Crippen LogP contribution >= 0.6 is 24.0 Å². The van der Waals surface area contributed by atoms with Crippen molar-refractivity contribution >= 4 is 29.9 Å². The number of aliphatic imine (C=N–C) groups is 1. The van der Waals surface area contributed by atoms with E-state index in [1.807, 2.05) is 6.92 Å². The SMILES string of the molecule is CCNC(=NCCc1cc(F)cc(F)c1)N1CCCC1.I. The van der Waals surface area contributed by atoms with Crippen LogP contribution in [0.2, 0.25) is 0 Å². The summed E-state index contributed by atoms with van der Waals surface area (Å²) >= 11 is 0. The Hall–Kier alpha value is -0.920. The van der Waals surface area contributed by atoms with E-state index in [1.54, 1.807) is 0 Å². The highest BCUT2D eigenvalue weighted by Gasteiger charge is 2.15. The Morgan fingerprint density at radius 1 is 1.19 bits per heavy atom. The van der Waals surface area contributed by atoms with Crippen LogP contribution < -0.4 is 5.32 Å². The Labute approximate surface area is 141 Å². The normalized spacial score (nSPS) is 15.0. The highest BCUT2D eigenvalue weighted by atomic mass is 127. The van der Waals surface area contributed by atoms with E-state index in [0.29, 0.717) is 18.5 Å². The van der Waals surface area contributed by atoms with Gasteiger partial charge in [0.2, 0.25) is 0 Å². The van der Waals surface area contributed by atoms with Crippen LogP contribution in [-0.2, 0) is 6.42 Å². The van der Waals surface area contributed by atoms with Crippen molar-refractivity contribution in [3.05, 3.63) is 35.4 Å². The van der Waals surface area contributed by atoms with Crippen LogP contribution in [0.3, 0.4) is 0 Å². The van der Waals surface area contributed by atoms with E-state index in [4.69, 9.17) is 0 Å². The second kappa shape index (κ2) is 9.17. The van der Waals surface area contributed by atoms with Crippen LogP contribution in [0.5, 0.6) is 0 Å². The molecule has 0 amide bonds. The maximum atomic E-state index is 13.1. The fourth-order valence-corrected chi connectivity index (χ4v) is 2.40. The van der Waals surface area contributed by atoms with Crippen LogP contribution in [0.4, 0.5) is 8.78 Å². The van der Waals surface area contributed by atoms with Gasteiger partial charge < -0.3 is 10.2 Å². The maximum Gasteiger partial charge on any atom is 0.193 e. The molecule has 0 bridgehead atoms. The van der Waals surface area contributed by atoms with E-state index < -0.39 is 11.6 Å². The minimum atomic E-state index is -0.532. The number of likely N-dealkylation sites (tertiary alicyclic amines) is 1. The number of nitrogens with zero attached hydrogens (tertiary/aromatic N) is 2. The molecular formula is C15H22F2IN3. The lowest BCUT2D eigenvalue weighted by molar-refractivity contribution is 0.494. The van der Waals surface area contributed by atoms with Gasteiger partial charge >= 0.3 is 0 Å². The molecule has 1 aromatic rings. The van der Waals surface area contributed by atoms with Crippen molar-refractivity contribution in [3.8, 4) is 0 Å². The second-order valence-electron chi connectivity index (χ2n) is 4.96. The van der Waals surface area contributed by atoms with Gasteiger partial charge in [0.05, 0.1) is 0 Å². The first kappa shape index (κ1) is 18.1. The summed E-state index contributed by atoms with van der Waals surface area (Å²) in [4.78, 5) is 6.77.